The van der Waals surface area contributed by atoms with Crippen LogP contribution < -0.4 is 11.4 Å². The molecule has 2 heterocycles. The Morgan fingerprint density at radius 1 is 0.825 bits per heavy atom. The van der Waals surface area contributed by atoms with Crippen molar-refractivity contribution >= 4 is 11.6 Å². The van der Waals surface area contributed by atoms with Gasteiger partial charge in [-0.3, -0.25) is 9.36 Å². The Morgan fingerprint density at radius 3 is 1.70 bits per heavy atom. The van der Waals surface area contributed by atoms with Gasteiger partial charge in [-0.2, -0.15) is 4.98 Å². The minimum Gasteiger partial charge on any atom is -0.394 e. The van der Waals surface area contributed by atoms with Gasteiger partial charge in [-0.25, -0.2) is 4.79 Å². The molecule has 230 valence electrons. The number of carbonyl (C=O) groups excluding carboxylic acids is 1. The summed E-state index contributed by atoms with van der Waals surface area (Å²) in [4.78, 5) is 28.8. The SMILES string of the molecule is CCCCCCCCCCCCCCCCCCCCCC(=O)c1cn(C2O[C@H](CO)[C@@H](O)[C@@H]2O)c(=O)nc1N. The molecule has 0 amide bonds. The number of aliphatic hydroxyl groups is 3. The van der Waals surface area contributed by atoms with Crippen LogP contribution in [0.2, 0.25) is 0 Å². The number of hydrogen-bond donors (Lipinski definition) is 4. The number of nitrogens with two attached hydrogens (primary N) is 1. The van der Waals surface area contributed by atoms with Crippen molar-refractivity contribution in [2.45, 2.75) is 160 Å². The minimum atomic E-state index is -1.44. The highest BCUT2D eigenvalue weighted by molar-refractivity contribution is 5.99. The molecule has 0 spiro atoms. The molecule has 5 N–H and O–H groups in total. The van der Waals surface area contributed by atoms with Gasteiger partial charge in [-0.05, 0) is 6.42 Å². The first-order chi connectivity index (χ1) is 19.4. The average molecular weight is 566 g/mol. The van der Waals surface area contributed by atoms with Gasteiger partial charge in [0, 0.05) is 12.6 Å². The number of Topliss-reactive ketones (excluding diaryl/α,β-unsaturated/α-hetero) is 1. The monoisotopic (exact) mass is 565 g/mol. The Bertz CT molecular complexity index is 892. The molecule has 4 atom stereocenters. The second-order valence-corrected chi connectivity index (χ2v) is 11.5. The standard InChI is InChI=1S/C31H55N3O6/c1-2-3-4-5-6-7-8-9-10-11-12-13-14-15-16-17-18-19-20-21-25(36)24-22-34(31(39)33-29(24)32)30-28(38)27(37)26(23-35)40-30/h22,26-28,30,35,37-38H,2-21,23H2,1H3,(H2,32,33,39)/t26-,27-,28+,30?/m1/s1. The summed E-state index contributed by atoms with van der Waals surface area (Å²) in [6, 6.07) is 0. The number of hydrogen-bond acceptors (Lipinski definition) is 8. The van der Waals surface area contributed by atoms with Crippen LogP contribution in [0.1, 0.15) is 152 Å². The predicted molar refractivity (Wildman–Crippen MR) is 158 cm³/mol. The van der Waals surface area contributed by atoms with Crippen LogP contribution in [0.5, 0.6) is 0 Å². The predicted octanol–water partition coefficient (Wildman–Crippen LogP) is 5.44. The lowest BCUT2D eigenvalue weighted by Gasteiger charge is -2.18. The van der Waals surface area contributed by atoms with Crippen molar-refractivity contribution in [3.8, 4) is 0 Å². The fourth-order valence-corrected chi connectivity index (χ4v) is 5.49. The quantitative estimate of drug-likeness (QED) is 0.101. The highest BCUT2D eigenvalue weighted by Gasteiger charge is 2.44. The number of rotatable bonds is 23. The lowest BCUT2D eigenvalue weighted by atomic mass is 10.0. The number of carbonyl (C=O) groups is 1. The summed E-state index contributed by atoms with van der Waals surface area (Å²) >= 11 is 0. The maximum absolute atomic E-state index is 12.8. The largest absolute Gasteiger partial charge is 0.394 e. The Kier molecular flexibility index (Phi) is 17.3. The van der Waals surface area contributed by atoms with Crippen molar-refractivity contribution < 1.29 is 24.9 Å². The first-order valence-corrected chi connectivity index (χ1v) is 15.9. The van der Waals surface area contributed by atoms with Gasteiger partial charge < -0.3 is 25.8 Å². The van der Waals surface area contributed by atoms with E-state index in [1.165, 1.54) is 109 Å². The Morgan fingerprint density at radius 2 is 1.27 bits per heavy atom. The van der Waals surface area contributed by atoms with E-state index in [0.29, 0.717) is 6.42 Å². The molecule has 1 aromatic rings. The fraction of sp³-hybridized carbons (Fsp3) is 0.839. The van der Waals surface area contributed by atoms with E-state index >= 15 is 0 Å². The lowest BCUT2D eigenvalue weighted by Crippen LogP contribution is -2.36. The van der Waals surface area contributed by atoms with Gasteiger partial charge in [-0.1, -0.05) is 122 Å². The van der Waals surface area contributed by atoms with Crippen LogP contribution in [-0.4, -0.2) is 55.6 Å². The second-order valence-electron chi connectivity index (χ2n) is 11.5. The lowest BCUT2D eigenvalue weighted by molar-refractivity contribution is -0.0550. The summed E-state index contributed by atoms with van der Waals surface area (Å²) in [5.41, 5.74) is 5.14. The number of nitrogens with zero attached hydrogens (tertiary/aromatic N) is 2. The zero-order valence-electron chi connectivity index (χ0n) is 24.8. The molecule has 1 saturated heterocycles. The molecule has 1 aromatic heterocycles. The van der Waals surface area contributed by atoms with Gasteiger partial charge in [0.2, 0.25) is 0 Å². The molecule has 1 fully saturated rings. The van der Waals surface area contributed by atoms with Gasteiger partial charge in [0.25, 0.3) is 0 Å². The first-order valence-electron chi connectivity index (χ1n) is 15.9. The third-order valence-electron chi connectivity index (χ3n) is 8.08. The van der Waals surface area contributed by atoms with E-state index in [1.807, 2.05) is 0 Å². The Labute approximate surface area is 240 Å². The fourth-order valence-electron chi connectivity index (χ4n) is 5.49. The van der Waals surface area contributed by atoms with Crippen LogP contribution in [0.25, 0.3) is 0 Å². The third-order valence-corrected chi connectivity index (χ3v) is 8.08. The highest BCUT2D eigenvalue weighted by atomic mass is 16.6. The van der Waals surface area contributed by atoms with Crippen LogP contribution in [0.4, 0.5) is 5.82 Å². The molecule has 0 saturated carbocycles. The van der Waals surface area contributed by atoms with E-state index < -0.39 is 36.8 Å². The van der Waals surface area contributed by atoms with E-state index in [2.05, 4.69) is 11.9 Å². The molecule has 1 unspecified atom stereocenters. The molecule has 2 rings (SSSR count). The normalized spacial score (nSPS) is 20.8. The van der Waals surface area contributed by atoms with Crippen molar-refractivity contribution in [2.24, 2.45) is 0 Å². The smallest absolute Gasteiger partial charge is 0.351 e. The van der Waals surface area contributed by atoms with Crippen LogP contribution in [0.15, 0.2) is 11.0 Å². The van der Waals surface area contributed by atoms with Gasteiger partial charge in [-0.15, -0.1) is 0 Å². The zero-order valence-corrected chi connectivity index (χ0v) is 24.8. The number of aliphatic hydroxyl groups excluding tert-OH is 3. The van der Waals surface area contributed by atoms with Gasteiger partial charge in [0.15, 0.2) is 12.0 Å². The topological polar surface area (TPSA) is 148 Å². The Hall–Kier alpha value is -1.81. The van der Waals surface area contributed by atoms with Crippen LogP contribution >= 0.6 is 0 Å². The van der Waals surface area contributed by atoms with Gasteiger partial charge >= 0.3 is 5.69 Å². The number of anilines is 1. The van der Waals surface area contributed by atoms with Crippen molar-refractivity contribution in [3.63, 3.8) is 0 Å². The molecule has 0 radical (unpaired) electrons. The van der Waals surface area contributed by atoms with Crippen molar-refractivity contribution in [1.82, 2.24) is 9.55 Å². The van der Waals surface area contributed by atoms with Crippen LogP contribution in [-0.2, 0) is 4.74 Å². The average Bonchev–Trinajstić information content (AvgIpc) is 3.22. The summed E-state index contributed by atoms with van der Waals surface area (Å²) in [6.07, 6.45) is 20.8. The molecule has 0 bridgehead atoms. The summed E-state index contributed by atoms with van der Waals surface area (Å²) in [5, 5.41) is 29.5. The number of ether oxygens (including phenoxy) is 1. The van der Waals surface area contributed by atoms with Crippen molar-refractivity contribution in [2.75, 3.05) is 12.3 Å². The van der Waals surface area contributed by atoms with Crippen molar-refractivity contribution in [3.05, 3.63) is 22.2 Å². The molecular formula is C31H55N3O6. The van der Waals surface area contributed by atoms with E-state index in [0.717, 1.165) is 23.8 Å². The zero-order chi connectivity index (χ0) is 29.2. The third kappa shape index (κ3) is 12.0. The summed E-state index contributed by atoms with van der Waals surface area (Å²) in [6.45, 7) is 1.75. The maximum Gasteiger partial charge on any atom is 0.351 e. The second kappa shape index (κ2) is 20.1. The highest BCUT2D eigenvalue weighted by Crippen LogP contribution is 2.29. The van der Waals surface area contributed by atoms with E-state index in [9.17, 15) is 24.9 Å². The molecule has 0 aromatic carbocycles. The molecule has 1 aliphatic rings. The van der Waals surface area contributed by atoms with E-state index in [1.54, 1.807) is 0 Å². The number of nitrogen functional groups attached to an aromatic ring is 1. The first kappa shape index (κ1) is 34.4. The van der Waals surface area contributed by atoms with Gasteiger partial charge in [0.1, 0.15) is 24.1 Å². The molecular weight excluding hydrogens is 510 g/mol. The number of ketones is 1. The summed E-state index contributed by atoms with van der Waals surface area (Å²) in [5.74, 6) is -0.381. The number of aromatic nitrogens is 2. The maximum atomic E-state index is 12.8. The molecule has 0 aliphatic carbocycles. The van der Waals surface area contributed by atoms with Gasteiger partial charge in [0.05, 0.1) is 12.2 Å². The summed E-state index contributed by atoms with van der Waals surface area (Å²) in [7, 11) is 0. The molecule has 9 nitrogen and oxygen atoms in total. The summed E-state index contributed by atoms with van der Waals surface area (Å²) < 4.78 is 6.36. The molecule has 40 heavy (non-hydrogen) atoms. The van der Waals surface area contributed by atoms with E-state index in [4.69, 9.17) is 10.5 Å². The van der Waals surface area contributed by atoms with Crippen molar-refractivity contribution in [1.29, 1.82) is 0 Å². The Balaban J connectivity index is 1.52. The van der Waals surface area contributed by atoms with Crippen LogP contribution in [0, 0.1) is 0 Å². The molecule has 1 aliphatic heterocycles. The minimum absolute atomic E-state index is 0.0970. The van der Waals surface area contributed by atoms with E-state index in [-0.39, 0.29) is 17.2 Å². The van der Waals surface area contributed by atoms with Crippen LogP contribution in [0.3, 0.4) is 0 Å². The number of unbranched alkanes of at least 4 members (excludes halogenated alkanes) is 18. The molecule has 9 heteroatoms.